The molecule has 8 nitrogen and oxygen atoms in total. The van der Waals surface area contributed by atoms with Crippen molar-refractivity contribution in [2.45, 2.75) is 4.90 Å². The van der Waals surface area contributed by atoms with Crippen molar-refractivity contribution in [1.29, 1.82) is 0 Å². The Kier molecular flexibility index (Phi) is 4.83. The van der Waals surface area contributed by atoms with E-state index < -0.39 is 10.0 Å². The number of nitrogens with one attached hydrogen (secondary N) is 1. The molecule has 1 amide bonds. The van der Waals surface area contributed by atoms with Crippen molar-refractivity contribution >= 4 is 21.6 Å². The zero-order chi connectivity index (χ0) is 18.7. The van der Waals surface area contributed by atoms with Gasteiger partial charge in [0.25, 0.3) is 5.91 Å². The number of anilines is 1. The largest absolute Gasteiger partial charge is 0.321 e. The monoisotopic (exact) mass is 371 g/mol. The van der Waals surface area contributed by atoms with Crippen LogP contribution >= 0.6 is 0 Å². The van der Waals surface area contributed by atoms with Gasteiger partial charge < -0.3 is 5.32 Å². The molecule has 0 saturated heterocycles. The summed E-state index contributed by atoms with van der Waals surface area (Å²) in [4.78, 5) is 20.6. The topological polar surface area (TPSA) is 97.2 Å². The molecule has 1 aromatic carbocycles. The van der Waals surface area contributed by atoms with Crippen LogP contribution in [0.25, 0.3) is 5.82 Å². The molecule has 0 spiro atoms. The van der Waals surface area contributed by atoms with E-state index in [-0.39, 0.29) is 10.8 Å². The molecule has 3 rings (SSSR count). The number of benzene rings is 1. The van der Waals surface area contributed by atoms with Crippen molar-refractivity contribution in [3.63, 3.8) is 0 Å². The van der Waals surface area contributed by atoms with Crippen LogP contribution in [0.2, 0.25) is 0 Å². The lowest BCUT2D eigenvalue weighted by Gasteiger charge is -2.11. The molecule has 0 saturated carbocycles. The van der Waals surface area contributed by atoms with Crippen LogP contribution in [0.3, 0.4) is 0 Å². The first-order chi connectivity index (χ1) is 12.4. The Morgan fingerprint density at radius 3 is 2.38 bits per heavy atom. The number of amides is 1. The van der Waals surface area contributed by atoms with E-state index in [1.165, 1.54) is 44.6 Å². The fourth-order valence-corrected chi connectivity index (χ4v) is 3.10. The van der Waals surface area contributed by atoms with Gasteiger partial charge in [-0.25, -0.2) is 22.7 Å². The summed E-state index contributed by atoms with van der Waals surface area (Å²) in [5.74, 6) is 0.328. The van der Waals surface area contributed by atoms with E-state index in [4.69, 9.17) is 0 Å². The molecule has 0 atom stereocenters. The van der Waals surface area contributed by atoms with Gasteiger partial charge in [0, 0.05) is 32.1 Å². The van der Waals surface area contributed by atoms with Gasteiger partial charge in [-0.1, -0.05) is 0 Å². The number of imidazole rings is 1. The fraction of sp³-hybridized carbons (Fsp3) is 0.118. The maximum atomic E-state index is 12.3. The molecule has 0 aliphatic heterocycles. The van der Waals surface area contributed by atoms with E-state index in [1.54, 1.807) is 35.4 Å². The first kappa shape index (κ1) is 17.8. The lowest BCUT2D eigenvalue weighted by Crippen LogP contribution is -2.22. The summed E-state index contributed by atoms with van der Waals surface area (Å²) in [6.45, 7) is 0. The molecule has 26 heavy (non-hydrogen) atoms. The molecule has 0 aliphatic carbocycles. The Morgan fingerprint density at radius 2 is 1.85 bits per heavy atom. The Labute approximate surface area is 151 Å². The van der Waals surface area contributed by atoms with Crippen molar-refractivity contribution in [3.8, 4) is 5.82 Å². The summed E-state index contributed by atoms with van der Waals surface area (Å²) in [5, 5.41) is 2.73. The van der Waals surface area contributed by atoms with Crippen LogP contribution in [0.1, 0.15) is 10.4 Å². The first-order valence-corrected chi connectivity index (χ1v) is 9.10. The van der Waals surface area contributed by atoms with E-state index in [2.05, 4.69) is 15.3 Å². The summed E-state index contributed by atoms with van der Waals surface area (Å²) in [5.41, 5.74) is 0.880. The SMILES string of the molecule is CN(C)S(=O)(=O)c1ccc(C(=O)Nc2ccc(-n3ccnc3)nc2)cc1. The molecule has 9 heteroatoms. The minimum absolute atomic E-state index is 0.130. The quantitative estimate of drug-likeness (QED) is 0.737. The van der Waals surface area contributed by atoms with Crippen LogP contribution in [0.5, 0.6) is 0 Å². The van der Waals surface area contributed by atoms with Gasteiger partial charge in [-0.2, -0.15) is 0 Å². The predicted molar refractivity (Wildman–Crippen MR) is 96.6 cm³/mol. The average molecular weight is 371 g/mol. The van der Waals surface area contributed by atoms with Crippen molar-refractivity contribution in [1.82, 2.24) is 18.8 Å². The van der Waals surface area contributed by atoms with Gasteiger partial charge in [-0.05, 0) is 36.4 Å². The van der Waals surface area contributed by atoms with Crippen LogP contribution in [-0.2, 0) is 10.0 Å². The Hall–Kier alpha value is -3.04. The molecule has 2 aromatic heterocycles. The molecular weight excluding hydrogens is 354 g/mol. The first-order valence-electron chi connectivity index (χ1n) is 7.66. The number of rotatable bonds is 5. The molecule has 0 aliphatic rings. The fourth-order valence-electron chi connectivity index (χ4n) is 2.20. The Bertz CT molecular complexity index is 996. The average Bonchev–Trinajstić information content (AvgIpc) is 3.17. The molecule has 2 heterocycles. The molecule has 0 fully saturated rings. The smallest absolute Gasteiger partial charge is 0.255 e. The van der Waals surface area contributed by atoms with Gasteiger partial charge in [0.15, 0.2) is 0 Å². The van der Waals surface area contributed by atoms with Crippen LogP contribution < -0.4 is 5.32 Å². The Morgan fingerprint density at radius 1 is 1.12 bits per heavy atom. The van der Waals surface area contributed by atoms with Crippen LogP contribution in [-0.4, -0.2) is 47.3 Å². The van der Waals surface area contributed by atoms with Crippen molar-refractivity contribution in [3.05, 3.63) is 66.9 Å². The minimum atomic E-state index is -3.52. The molecule has 0 radical (unpaired) electrons. The number of nitrogens with zero attached hydrogens (tertiary/aromatic N) is 4. The number of hydrogen-bond acceptors (Lipinski definition) is 5. The highest BCUT2D eigenvalue weighted by Gasteiger charge is 2.17. The van der Waals surface area contributed by atoms with E-state index in [9.17, 15) is 13.2 Å². The zero-order valence-corrected chi connectivity index (χ0v) is 15.0. The van der Waals surface area contributed by atoms with Crippen LogP contribution in [0.15, 0.2) is 66.2 Å². The molecule has 134 valence electrons. The van der Waals surface area contributed by atoms with Crippen LogP contribution in [0, 0.1) is 0 Å². The minimum Gasteiger partial charge on any atom is -0.321 e. The van der Waals surface area contributed by atoms with E-state index in [0.29, 0.717) is 17.1 Å². The van der Waals surface area contributed by atoms with Gasteiger partial charge in [0.1, 0.15) is 12.1 Å². The van der Waals surface area contributed by atoms with Crippen molar-refractivity contribution in [2.24, 2.45) is 0 Å². The third-order valence-electron chi connectivity index (χ3n) is 3.67. The number of sulfonamides is 1. The second-order valence-electron chi connectivity index (χ2n) is 5.64. The normalized spacial score (nSPS) is 11.5. The summed E-state index contributed by atoms with van der Waals surface area (Å²) < 4.78 is 27.0. The number of pyridine rings is 1. The predicted octanol–water partition coefficient (Wildman–Crippen LogP) is 1.77. The molecule has 0 bridgehead atoms. The van der Waals surface area contributed by atoms with Gasteiger partial charge in [-0.15, -0.1) is 0 Å². The summed E-state index contributed by atoms with van der Waals surface area (Å²) in [6, 6.07) is 9.24. The number of aromatic nitrogens is 3. The van der Waals surface area contributed by atoms with E-state index >= 15 is 0 Å². The lowest BCUT2D eigenvalue weighted by atomic mass is 10.2. The zero-order valence-electron chi connectivity index (χ0n) is 14.2. The number of hydrogen-bond donors (Lipinski definition) is 1. The summed E-state index contributed by atoms with van der Waals surface area (Å²) in [7, 11) is -0.611. The van der Waals surface area contributed by atoms with Gasteiger partial charge in [-0.3, -0.25) is 9.36 Å². The summed E-state index contributed by atoms with van der Waals surface area (Å²) >= 11 is 0. The van der Waals surface area contributed by atoms with Gasteiger partial charge >= 0.3 is 0 Å². The molecule has 1 N–H and O–H groups in total. The Balaban J connectivity index is 1.72. The highest BCUT2D eigenvalue weighted by atomic mass is 32.2. The second-order valence-corrected chi connectivity index (χ2v) is 7.79. The van der Waals surface area contributed by atoms with Crippen molar-refractivity contribution < 1.29 is 13.2 Å². The maximum Gasteiger partial charge on any atom is 0.255 e. The van der Waals surface area contributed by atoms with Crippen molar-refractivity contribution in [2.75, 3.05) is 19.4 Å². The third kappa shape index (κ3) is 3.63. The van der Waals surface area contributed by atoms with Gasteiger partial charge in [0.05, 0.1) is 16.8 Å². The van der Waals surface area contributed by atoms with Crippen LogP contribution in [0.4, 0.5) is 5.69 Å². The summed E-state index contributed by atoms with van der Waals surface area (Å²) in [6.07, 6.45) is 6.59. The number of carbonyl (C=O) groups is 1. The van der Waals surface area contributed by atoms with E-state index in [0.717, 1.165) is 4.31 Å². The third-order valence-corrected chi connectivity index (χ3v) is 5.50. The number of carbonyl (C=O) groups excluding carboxylic acids is 1. The molecule has 0 unspecified atom stereocenters. The molecular formula is C17H17N5O3S. The second kappa shape index (κ2) is 7.06. The van der Waals surface area contributed by atoms with Gasteiger partial charge in [0.2, 0.25) is 10.0 Å². The standard InChI is InChI=1S/C17H17N5O3S/c1-21(2)26(24,25)15-6-3-13(4-7-15)17(23)20-14-5-8-16(19-11-14)22-10-9-18-12-22/h3-12H,1-2H3,(H,20,23). The van der Waals surface area contributed by atoms with E-state index in [1.807, 2.05) is 0 Å². The highest BCUT2D eigenvalue weighted by molar-refractivity contribution is 7.89. The maximum absolute atomic E-state index is 12.3. The lowest BCUT2D eigenvalue weighted by molar-refractivity contribution is 0.102. The molecule has 3 aromatic rings. The highest BCUT2D eigenvalue weighted by Crippen LogP contribution is 2.16.